The molecule has 1 aromatic heterocycles. The molecule has 0 spiro atoms. The standard InChI is InChI=1S/C20H23F3N2O4S/c1-19(2,13-4-6-14(7-5-13)29-11-17(26)27-3)25-8-9-28-16(10-25)15-12-30-18(24-15)20(21,22)23/h4-7,12,16H,8-11H2,1-3H3. The fourth-order valence-corrected chi connectivity index (χ4v) is 3.97. The number of methoxy groups -OCH3 is 1. The lowest BCUT2D eigenvalue weighted by atomic mass is 9.91. The van der Waals surface area contributed by atoms with Crippen molar-refractivity contribution in [1.82, 2.24) is 9.88 Å². The Morgan fingerprint density at radius 1 is 1.30 bits per heavy atom. The van der Waals surface area contributed by atoms with Gasteiger partial charge in [-0.25, -0.2) is 9.78 Å². The molecule has 1 aliphatic heterocycles. The summed E-state index contributed by atoms with van der Waals surface area (Å²) in [6.45, 7) is 5.38. The molecule has 0 N–H and O–H groups in total. The number of hydrogen-bond donors (Lipinski definition) is 0. The number of esters is 1. The molecular formula is C20H23F3N2O4S. The molecule has 164 valence electrons. The molecule has 0 amide bonds. The number of ether oxygens (including phenoxy) is 3. The summed E-state index contributed by atoms with van der Waals surface area (Å²) in [4.78, 5) is 17.1. The van der Waals surface area contributed by atoms with Crippen LogP contribution in [-0.2, 0) is 26.0 Å². The Kier molecular flexibility index (Phi) is 6.68. The first-order valence-electron chi connectivity index (χ1n) is 9.30. The van der Waals surface area contributed by atoms with Crippen molar-refractivity contribution in [3.8, 4) is 5.75 Å². The lowest BCUT2D eigenvalue weighted by Gasteiger charge is -2.43. The molecular weight excluding hydrogens is 421 g/mol. The van der Waals surface area contributed by atoms with Gasteiger partial charge < -0.3 is 14.2 Å². The maximum atomic E-state index is 12.9. The summed E-state index contributed by atoms with van der Waals surface area (Å²) in [5.41, 5.74) is 0.911. The number of alkyl halides is 3. The molecule has 30 heavy (non-hydrogen) atoms. The van der Waals surface area contributed by atoms with Crippen molar-refractivity contribution in [2.24, 2.45) is 0 Å². The highest BCUT2D eigenvalue weighted by Crippen LogP contribution is 2.37. The van der Waals surface area contributed by atoms with Crippen molar-refractivity contribution in [2.45, 2.75) is 31.7 Å². The predicted octanol–water partition coefficient (Wildman–Crippen LogP) is 4.02. The van der Waals surface area contributed by atoms with Crippen LogP contribution in [-0.4, -0.2) is 49.3 Å². The molecule has 1 aromatic carbocycles. The monoisotopic (exact) mass is 444 g/mol. The van der Waals surface area contributed by atoms with Gasteiger partial charge in [0.05, 0.1) is 19.4 Å². The molecule has 0 radical (unpaired) electrons. The van der Waals surface area contributed by atoms with E-state index in [4.69, 9.17) is 9.47 Å². The number of thiazole rings is 1. The van der Waals surface area contributed by atoms with Crippen LogP contribution < -0.4 is 4.74 Å². The highest BCUT2D eigenvalue weighted by Gasteiger charge is 2.38. The smallest absolute Gasteiger partial charge is 0.443 e. The van der Waals surface area contributed by atoms with Gasteiger partial charge in [-0.3, -0.25) is 4.90 Å². The number of carbonyl (C=O) groups is 1. The number of morpholine rings is 1. The Morgan fingerprint density at radius 3 is 2.60 bits per heavy atom. The molecule has 10 heteroatoms. The van der Waals surface area contributed by atoms with Gasteiger partial charge in [0.25, 0.3) is 0 Å². The number of nitrogens with zero attached hydrogens (tertiary/aromatic N) is 2. The highest BCUT2D eigenvalue weighted by atomic mass is 32.1. The van der Waals surface area contributed by atoms with Crippen molar-refractivity contribution in [1.29, 1.82) is 0 Å². The van der Waals surface area contributed by atoms with E-state index >= 15 is 0 Å². The van der Waals surface area contributed by atoms with Gasteiger partial charge in [0.1, 0.15) is 11.9 Å². The van der Waals surface area contributed by atoms with Crippen LogP contribution in [0.4, 0.5) is 13.2 Å². The van der Waals surface area contributed by atoms with Gasteiger partial charge >= 0.3 is 12.1 Å². The van der Waals surface area contributed by atoms with Crippen LogP contribution in [0.3, 0.4) is 0 Å². The van der Waals surface area contributed by atoms with Crippen molar-refractivity contribution in [3.63, 3.8) is 0 Å². The number of aromatic nitrogens is 1. The molecule has 1 atom stereocenters. The summed E-state index contributed by atoms with van der Waals surface area (Å²) in [6.07, 6.45) is -4.97. The van der Waals surface area contributed by atoms with E-state index in [1.807, 2.05) is 26.0 Å². The van der Waals surface area contributed by atoms with E-state index in [2.05, 4.69) is 14.6 Å². The fourth-order valence-electron chi connectivity index (χ4n) is 3.24. The van der Waals surface area contributed by atoms with Crippen LogP contribution in [0.2, 0.25) is 0 Å². The van der Waals surface area contributed by atoms with Gasteiger partial charge in [0.2, 0.25) is 0 Å². The molecule has 0 aliphatic carbocycles. The zero-order valence-electron chi connectivity index (χ0n) is 16.9. The van der Waals surface area contributed by atoms with Gasteiger partial charge in [-0.1, -0.05) is 12.1 Å². The van der Waals surface area contributed by atoms with E-state index in [1.54, 1.807) is 12.1 Å². The lowest BCUT2D eigenvalue weighted by molar-refractivity contribution is -0.143. The van der Waals surface area contributed by atoms with Crippen molar-refractivity contribution >= 4 is 17.3 Å². The molecule has 0 bridgehead atoms. The van der Waals surface area contributed by atoms with Crippen LogP contribution in [0.1, 0.15) is 36.2 Å². The Labute approximate surface area is 176 Å². The fraction of sp³-hybridized carbons (Fsp3) is 0.500. The molecule has 1 aliphatic rings. The minimum absolute atomic E-state index is 0.169. The second-order valence-corrected chi connectivity index (χ2v) is 8.19. The summed E-state index contributed by atoms with van der Waals surface area (Å²) < 4.78 is 54.2. The average Bonchev–Trinajstić information content (AvgIpc) is 3.23. The second-order valence-electron chi connectivity index (χ2n) is 7.33. The molecule has 1 saturated heterocycles. The van der Waals surface area contributed by atoms with E-state index in [0.29, 0.717) is 42.5 Å². The number of hydrogen-bond acceptors (Lipinski definition) is 7. The van der Waals surface area contributed by atoms with Gasteiger partial charge in [-0.15, -0.1) is 11.3 Å². The Morgan fingerprint density at radius 2 is 2.00 bits per heavy atom. The van der Waals surface area contributed by atoms with Gasteiger partial charge in [0.15, 0.2) is 11.6 Å². The Hall–Kier alpha value is -2.17. The first-order chi connectivity index (χ1) is 14.1. The maximum Gasteiger partial charge on any atom is 0.443 e. The van der Waals surface area contributed by atoms with Crippen molar-refractivity contribution in [3.05, 3.63) is 45.9 Å². The molecule has 6 nitrogen and oxygen atoms in total. The second kappa shape index (κ2) is 8.91. The van der Waals surface area contributed by atoms with Gasteiger partial charge in [-0.2, -0.15) is 13.2 Å². The molecule has 1 fully saturated rings. The van der Waals surface area contributed by atoms with Crippen LogP contribution >= 0.6 is 11.3 Å². The largest absolute Gasteiger partial charge is 0.482 e. The minimum Gasteiger partial charge on any atom is -0.482 e. The maximum absolute atomic E-state index is 12.9. The first kappa shape index (κ1) is 22.5. The lowest BCUT2D eigenvalue weighted by Crippen LogP contribution is -2.48. The van der Waals surface area contributed by atoms with E-state index < -0.39 is 28.8 Å². The van der Waals surface area contributed by atoms with Crippen LogP contribution in [0.5, 0.6) is 5.75 Å². The quantitative estimate of drug-likeness (QED) is 0.628. The Balaban J connectivity index is 1.69. The number of rotatable bonds is 6. The SMILES string of the molecule is COC(=O)COc1ccc(C(C)(C)N2CCOC(c3csc(C(F)(F)F)n3)C2)cc1. The number of halogens is 3. The third kappa shape index (κ3) is 5.11. The van der Waals surface area contributed by atoms with Crippen LogP contribution in [0.25, 0.3) is 0 Å². The zero-order valence-corrected chi connectivity index (χ0v) is 17.7. The first-order valence-corrected chi connectivity index (χ1v) is 10.2. The summed E-state index contributed by atoms with van der Waals surface area (Å²) in [6, 6.07) is 7.35. The van der Waals surface area contributed by atoms with Gasteiger partial charge in [0, 0.05) is 24.0 Å². The molecule has 1 unspecified atom stereocenters. The van der Waals surface area contributed by atoms with Crippen molar-refractivity contribution in [2.75, 3.05) is 33.4 Å². The van der Waals surface area contributed by atoms with E-state index in [0.717, 1.165) is 5.56 Å². The Bertz CT molecular complexity index is 868. The molecule has 2 aromatic rings. The third-order valence-electron chi connectivity index (χ3n) is 5.10. The van der Waals surface area contributed by atoms with Crippen LogP contribution in [0, 0.1) is 0 Å². The topological polar surface area (TPSA) is 60.9 Å². The average molecular weight is 444 g/mol. The minimum atomic E-state index is -4.45. The molecule has 3 rings (SSSR count). The van der Waals surface area contributed by atoms with E-state index in [1.165, 1.54) is 12.5 Å². The van der Waals surface area contributed by atoms with E-state index in [9.17, 15) is 18.0 Å². The van der Waals surface area contributed by atoms with E-state index in [-0.39, 0.29) is 6.61 Å². The van der Waals surface area contributed by atoms with Gasteiger partial charge in [-0.05, 0) is 31.5 Å². The normalized spacial score (nSPS) is 18.3. The third-order valence-corrected chi connectivity index (χ3v) is 6.00. The van der Waals surface area contributed by atoms with Crippen LogP contribution in [0.15, 0.2) is 29.6 Å². The van der Waals surface area contributed by atoms with Crippen molar-refractivity contribution < 1.29 is 32.2 Å². The highest BCUT2D eigenvalue weighted by molar-refractivity contribution is 7.09. The zero-order chi connectivity index (χ0) is 21.9. The molecule has 2 heterocycles. The summed E-state index contributed by atoms with van der Waals surface area (Å²) >= 11 is 0.584. The predicted molar refractivity (Wildman–Crippen MR) is 104 cm³/mol. The number of benzene rings is 1. The number of carbonyl (C=O) groups excluding carboxylic acids is 1. The summed E-state index contributed by atoms with van der Waals surface area (Å²) in [5, 5.41) is 0.553. The summed E-state index contributed by atoms with van der Waals surface area (Å²) in [5.74, 6) is 0.0800. The summed E-state index contributed by atoms with van der Waals surface area (Å²) in [7, 11) is 1.29. The molecule has 0 saturated carbocycles.